The van der Waals surface area contributed by atoms with Crippen molar-refractivity contribution in [2.75, 3.05) is 13.1 Å². The fourth-order valence-corrected chi connectivity index (χ4v) is 3.94. The standard InChI is InChI=1S/C18H23N3O2S/c1-12-2-5-16(23-12)18-20-15(11-24-18)10-21-8-6-14(7-9-21)19-17(22)13-3-4-13/h2,5,11,13-14H,3-4,6-10H2,1H3,(H,19,22). The number of rotatable bonds is 5. The highest BCUT2D eigenvalue weighted by molar-refractivity contribution is 7.13. The summed E-state index contributed by atoms with van der Waals surface area (Å²) in [5.41, 5.74) is 1.10. The Balaban J connectivity index is 1.28. The molecule has 2 fully saturated rings. The van der Waals surface area contributed by atoms with Crippen molar-refractivity contribution in [1.29, 1.82) is 0 Å². The number of hydrogen-bond acceptors (Lipinski definition) is 5. The van der Waals surface area contributed by atoms with E-state index in [0.717, 1.165) is 67.5 Å². The van der Waals surface area contributed by atoms with E-state index in [1.807, 2.05) is 19.1 Å². The third-order valence-corrected chi connectivity index (χ3v) is 5.68. The molecule has 1 aliphatic carbocycles. The molecule has 6 heteroatoms. The summed E-state index contributed by atoms with van der Waals surface area (Å²) in [6.45, 7) is 4.86. The van der Waals surface area contributed by atoms with Gasteiger partial charge in [0.2, 0.25) is 5.91 Å². The van der Waals surface area contributed by atoms with Crippen LogP contribution in [0.15, 0.2) is 21.9 Å². The summed E-state index contributed by atoms with van der Waals surface area (Å²) >= 11 is 1.64. The van der Waals surface area contributed by atoms with E-state index < -0.39 is 0 Å². The molecule has 2 aromatic heterocycles. The molecule has 1 saturated carbocycles. The van der Waals surface area contributed by atoms with Crippen LogP contribution in [0.25, 0.3) is 10.8 Å². The quantitative estimate of drug-likeness (QED) is 0.904. The Bertz CT molecular complexity index is 711. The lowest BCUT2D eigenvalue weighted by atomic mass is 10.0. The molecule has 1 saturated heterocycles. The van der Waals surface area contributed by atoms with Crippen LogP contribution in [0.3, 0.4) is 0 Å². The topological polar surface area (TPSA) is 58.4 Å². The number of nitrogens with one attached hydrogen (secondary N) is 1. The number of piperidine rings is 1. The molecule has 2 aromatic rings. The SMILES string of the molecule is Cc1ccc(-c2nc(CN3CCC(NC(=O)C4CC4)CC3)cs2)o1. The zero-order chi connectivity index (χ0) is 16.5. The molecule has 1 N–H and O–H groups in total. The fraction of sp³-hybridized carbons (Fsp3) is 0.556. The third kappa shape index (κ3) is 3.70. The van der Waals surface area contributed by atoms with Gasteiger partial charge in [-0.1, -0.05) is 0 Å². The lowest BCUT2D eigenvalue weighted by Crippen LogP contribution is -2.44. The molecule has 128 valence electrons. The first-order chi connectivity index (χ1) is 11.7. The van der Waals surface area contributed by atoms with E-state index in [2.05, 4.69) is 15.6 Å². The second-order valence-corrected chi connectivity index (χ2v) is 7.75. The zero-order valence-corrected chi connectivity index (χ0v) is 14.8. The van der Waals surface area contributed by atoms with Gasteiger partial charge < -0.3 is 9.73 Å². The molecule has 3 heterocycles. The van der Waals surface area contributed by atoms with E-state index in [1.54, 1.807) is 11.3 Å². The average Bonchev–Trinajstić information content (AvgIpc) is 3.19. The number of aryl methyl sites for hydroxylation is 1. The van der Waals surface area contributed by atoms with Crippen molar-refractivity contribution in [3.05, 3.63) is 29.0 Å². The molecule has 1 amide bonds. The number of aromatic nitrogens is 1. The van der Waals surface area contributed by atoms with Gasteiger partial charge in [0.1, 0.15) is 5.76 Å². The number of likely N-dealkylation sites (tertiary alicyclic amines) is 1. The second kappa shape index (κ2) is 6.69. The molecule has 0 radical (unpaired) electrons. The Morgan fingerprint density at radius 2 is 2.12 bits per heavy atom. The number of nitrogens with zero attached hydrogens (tertiary/aromatic N) is 2. The van der Waals surface area contributed by atoms with Gasteiger partial charge in [0.25, 0.3) is 0 Å². The summed E-state index contributed by atoms with van der Waals surface area (Å²) in [5.74, 6) is 2.34. The minimum atomic E-state index is 0.270. The van der Waals surface area contributed by atoms with Gasteiger partial charge in [0.15, 0.2) is 10.8 Å². The second-order valence-electron chi connectivity index (χ2n) is 6.89. The lowest BCUT2D eigenvalue weighted by molar-refractivity contribution is -0.123. The van der Waals surface area contributed by atoms with Gasteiger partial charge in [-0.15, -0.1) is 11.3 Å². The maximum atomic E-state index is 11.8. The Morgan fingerprint density at radius 1 is 1.33 bits per heavy atom. The van der Waals surface area contributed by atoms with Crippen LogP contribution in [0.5, 0.6) is 0 Å². The number of amides is 1. The summed E-state index contributed by atoms with van der Waals surface area (Å²) in [5, 5.41) is 6.27. The van der Waals surface area contributed by atoms with Gasteiger partial charge in [-0.2, -0.15) is 0 Å². The number of furan rings is 1. The van der Waals surface area contributed by atoms with Crippen LogP contribution in [0.1, 0.15) is 37.1 Å². The maximum Gasteiger partial charge on any atom is 0.223 e. The summed E-state index contributed by atoms with van der Waals surface area (Å²) in [6, 6.07) is 4.30. The van der Waals surface area contributed by atoms with Gasteiger partial charge in [-0.05, 0) is 44.7 Å². The van der Waals surface area contributed by atoms with Crippen molar-refractivity contribution in [3.8, 4) is 10.8 Å². The van der Waals surface area contributed by atoms with Crippen molar-refractivity contribution in [3.63, 3.8) is 0 Å². The normalized spacial score (nSPS) is 19.5. The van der Waals surface area contributed by atoms with E-state index in [4.69, 9.17) is 9.40 Å². The molecular formula is C18H23N3O2S. The van der Waals surface area contributed by atoms with Gasteiger partial charge >= 0.3 is 0 Å². The first kappa shape index (κ1) is 15.8. The summed E-state index contributed by atoms with van der Waals surface area (Å²) in [4.78, 5) is 19.0. The first-order valence-corrected chi connectivity index (χ1v) is 9.59. The van der Waals surface area contributed by atoms with E-state index in [9.17, 15) is 4.79 Å². The monoisotopic (exact) mass is 345 g/mol. The van der Waals surface area contributed by atoms with Gasteiger partial charge in [-0.25, -0.2) is 4.98 Å². The lowest BCUT2D eigenvalue weighted by Gasteiger charge is -2.31. The van der Waals surface area contributed by atoms with Crippen molar-refractivity contribution in [1.82, 2.24) is 15.2 Å². The van der Waals surface area contributed by atoms with Crippen molar-refractivity contribution in [2.45, 2.75) is 45.2 Å². The molecule has 0 bridgehead atoms. The van der Waals surface area contributed by atoms with Crippen LogP contribution in [-0.2, 0) is 11.3 Å². The summed E-state index contributed by atoms with van der Waals surface area (Å²) in [7, 11) is 0. The number of carbonyl (C=O) groups is 1. The highest BCUT2D eigenvalue weighted by atomic mass is 32.1. The van der Waals surface area contributed by atoms with Crippen molar-refractivity contribution >= 4 is 17.2 Å². The van der Waals surface area contributed by atoms with Crippen LogP contribution >= 0.6 is 11.3 Å². The maximum absolute atomic E-state index is 11.8. The molecule has 1 aliphatic heterocycles. The molecule has 0 atom stereocenters. The molecular weight excluding hydrogens is 322 g/mol. The van der Waals surface area contributed by atoms with E-state index >= 15 is 0 Å². The zero-order valence-electron chi connectivity index (χ0n) is 14.0. The number of thiazole rings is 1. The summed E-state index contributed by atoms with van der Waals surface area (Å²) in [6.07, 6.45) is 4.22. The molecule has 0 spiro atoms. The van der Waals surface area contributed by atoms with E-state index in [0.29, 0.717) is 12.0 Å². The van der Waals surface area contributed by atoms with Crippen LogP contribution < -0.4 is 5.32 Å². The van der Waals surface area contributed by atoms with Crippen LogP contribution in [-0.4, -0.2) is 34.9 Å². The highest BCUT2D eigenvalue weighted by Gasteiger charge is 2.31. The fourth-order valence-electron chi connectivity index (χ4n) is 3.17. The van der Waals surface area contributed by atoms with Gasteiger partial charge in [0, 0.05) is 37.0 Å². The molecule has 0 aromatic carbocycles. The Labute approximate surface area is 146 Å². The summed E-state index contributed by atoms with van der Waals surface area (Å²) < 4.78 is 5.64. The predicted octanol–water partition coefficient (Wildman–Crippen LogP) is 3.20. The Hall–Kier alpha value is -1.66. The third-order valence-electron chi connectivity index (χ3n) is 4.77. The molecule has 5 nitrogen and oxygen atoms in total. The van der Waals surface area contributed by atoms with E-state index in [-0.39, 0.29) is 5.91 Å². The van der Waals surface area contributed by atoms with Crippen molar-refractivity contribution in [2.24, 2.45) is 5.92 Å². The Kier molecular flexibility index (Phi) is 4.41. The van der Waals surface area contributed by atoms with Gasteiger partial charge in [-0.3, -0.25) is 9.69 Å². The number of hydrogen-bond donors (Lipinski definition) is 1. The largest absolute Gasteiger partial charge is 0.459 e. The minimum Gasteiger partial charge on any atom is -0.459 e. The van der Waals surface area contributed by atoms with Crippen LogP contribution in [0, 0.1) is 12.8 Å². The van der Waals surface area contributed by atoms with E-state index in [1.165, 1.54) is 0 Å². The predicted molar refractivity (Wildman–Crippen MR) is 93.7 cm³/mol. The molecule has 0 unspecified atom stereocenters. The minimum absolute atomic E-state index is 0.270. The van der Waals surface area contributed by atoms with Gasteiger partial charge in [0.05, 0.1) is 5.69 Å². The molecule has 4 rings (SSSR count). The Morgan fingerprint density at radius 3 is 2.79 bits per heavy atom. The van der Waals surface area contributed by atoms with Crippen LogP contribution in [0.4, 0.5) is 0 Å². The number of carbonyl (C=O) groups excluding carboxylic acids is 1. The van der Waals surface area contributed by atoms with Crippen molar-refractivity contribution < 1.29 is 9.21 Å². The van der Waals surface area contributed by atoms with Crippen LogP contribution in [0.2, 0.25) is 0 Å². The molecule has 2 aliphatic rings. The highest BCUT2D eigenvalue weighted by Crippen LogP contribution is 2.29. The molecule has 24 heavy (non-hydrogen) atoms. The first-order valence-electron chi connectivity index (χ1n) is 8.71. The smallest absolute Gasteiger partial charge is 0.223 e. The average molecular weight is 345 g/mol.